The highest BCUT2D eigenvalue weighted by atomic mass is 16.8. The minimum absolute atomic E-state index is 0.336. The Balaban J connectivity index is 0.000000851. The second kappa shape index (κ2) is 22.3. The van der Waals surface area contributed by atoms with Crippen molar-refractivity contribution in [2.75, 3.05) is 38.8 Å². The van der Waals surface area contributed by atoms with Gasteiger partial charge in [-0.2, -0.15) is 0 Å². The van der Waals surface area contributed by atoms with E-state index in [9.17, 15) is 43.2 Å². The van der Waals surface area contributed by atoms with Crippen LogP contribution < -0.4 is 4.90 Å². The van der Waals surface area contributed by atoms with Crippen LogP contribution in [-0.2, 0) is 90.5 Å². The molecule has 0 aromatic heterocycles. The van der Waals surface area contributed by atoms with E-state index in [4.69, 9.17) is 57.2 Å². The number of anilines is 1. The third-order valence-electron chi connectivity index (χ3n) is 7.85. The molecule has 0 spiro atoms. The van der Waals surface area contributed by atoms with Gasteiger partial charge in [-0.1, -0.05) is 12.1 Å². The van der Waals surface area contributed by atoms with Crippen LogP contribution in [0.4, 0.5) is 5.69 Å². The average Bonchev–Trinajstić information content (AvgIpc) is 3.37. The number of carbonyl (C=O) groups is 9. The molecule has 2 aliphatic rings. The molecule has 0 saturated carbocycles. The second-order valence-electron chi connectivity index (χ2n) is 13.1. The number of hydrogen-bond acceptors (Lipinski definition) is 21. The fraction of sp³-hybridized carbons (Fsp3) is 0.595. The van der Waals surface area contributed by atoms with Gasteiger partial charge >= 0.3 is 53.7 Å². The number of rotatable bonds is 15. The Kier molecular flexibility index (Phi) is 18.6. The highest BCUT2D eigenvalue weighted by Gasteiger charge is 2.65. The van der Waals surface area contributed by atoms with E-state index in [0.29, 0.717) is 5.56 Å². The molecule has 2 heterocycles. The van der Waals surface area contributed by atoms with Crippen LogP contribution in [0, 0.1) is 0 Å². The van der Waals surface area contributed by atoms with Crippen molar-refractivity contribution in [1.82, 2.24) is 0 Å². The molecule has 2 fully saturated rings. The molecule has 0 amide bonds. The second-order valence-corrected chi connectivity index (χ2v) is 13.1. The van der Waals surface area contributed by atoms with Gasteiger partial charge in [0.1, 0.15) is 32.0 Å². The minimum Gasteiger partial charge on any atom is -0.478 e. The number of aromatic carboxylic acids is 1. The quantitative estimate of drug-likeness (QED) is 0.187. The Morgan fingerprint density at radius 3 is 1.51 bits per heavy atom. The summed E-state index contributed by atoms with van der Waals surface area (Å²) in [6, 6.07) is 6.92. The van der Waals surface area contributed by atoms with E-state index in [1.165, 1.54) is 0 Å². The third-order valence-corrected chi connectivity index (χ3v) is 7.85. The van der Waals surface area contributed by atoms with Gasteiger partial charge in [-0.25, -0.2) is 4.79 Å². The number of carboxylic acid groups (broad SMARTS) is 1. The number of benzene rings is 1. The largest absolute Gasteiger partial charge is 0.478 e. The Morgan fingerprint density at radius 1 is 0.593 bits per heavy atom. The van der Waals surface area contributed by atoms with Crippen molar-refractivity contribution in [3.8, 4) is 0 Å². The van der Waals surface area contributed by atoms with Crippen molar-refractivity contribution in [3.63, 3.8) is 0 Å². The summed E-state index contributed by atoms with van der Waals surface area (Å²) in [6.07, 6.45) is -13.2. The van der Waals surface area contributed by atoms with Crippen LogP contribution in [0.2, 0.25) is 0 Å². The molecule has 22 heteroatoms. The number of ether oxygens (including phenoxy) is 11. The zero-order valence-corrected chi connectivity index (χ0v) is 34.1. The van der Waals surface area contributed by atoms with Crippen molar-refractivity contribution in [2.45, 2.75) is 110 Å². The fourth-order valence-electron chi connectivity index (χ4n) is 5.80. The molecule has 2 saturated heterocycles. The molecule has 2 aliphatic heterocycles. The van der Waals surface area contributed by atoms with E-state index in [0.717, 1.165) is 61.1 Å². The van der Waals surface area contributed by atoms with E-state index in [2.05, 4.69) is 0 Å². The van der Waals surface area contributed by atoms with Crippen LogP contribution in [0.15, 0.2) is 24.3 Å². The summed E-state index contributed by atoms with van der Waals surface area (Å²) >= 11 is 0. The summed E-state index contributed by atoms with van der Waals surface area (Å²) < 4.78 is 60.5. The molecule has 1 aromatic rings. The summed E-state index contributed by atoms with van der Waals surface area (Å²) in [4.78, 5) is 109. The molecule has 1 aromatic carbocycles. The van der Waals surface area contributed by atoms with E-state index in [-0.39, 0.29) is 0 Å². The lowest BCUT2D eigenvalue weighted by Crippen LogP contribution is -2.65. The van der Waals surface area contributed by atoms with Gasteiger partial charge in [-0.05, 0) is 12.1 Å². The molecule has 3 rings (SSSR count). The van der Waals surface area contributed by atoms with Gasteiger partial charge in [-0.3, -0.25) is 38.4 Å². The van der Waals surface area contributed by atoms with Crippen molar-refractivity contribution in [2.24, 2.45) is 0 Å². The first-order valence-electron chi connectivity index (χ1n) is 17.7. The number of hydrogen-bond donors (Lipinski definition) is 1. The lowest BCUT2D eigenvalue weighted by molar-refractivity contribution is -0.384. The minimum atomic E-state index is -2.48. The number of carboxylic acids is 1. The summed E-state index contributed by atoms with van der Waals surface area (Å²) in [5, 5.41) is 8.79. The number of para-hydroxylation sites is 1. The highest BCUT2D eigenvalue weighted by molar-refractivity contribution is 5.94. The molecular weight excluding hydrogens is 794 g/mol. The Bertz CT molecular complexity index is 1710. The molecule has 0 unspecified atom stereocenters. The molecule has 0 aliphatic carbocycles. The molecule has 22 nitrogen and oxygen atoms in total. The normalized spacial score (nSPS) is 25.7. The van der Waals surface area contributed by atoms with Crippen LogP contribution in [0.1, 0.15) is 65.7 Å². The first-order chi connectivity index (χ1) is 27.5. The molecule has 1 N–H and O–H groups in total. The number of esters is 8. The Morgan fingerprint density at radius 2 is 1.05 bits per heavy atom. The summed E-state index contributed by atoms with van der Waals surface area (Å²) in [5.41, 5.74) is 1.06. The van der Waals surface area contributed by atoms with E-state index >= 15 is 0 Å². The zero-order valence-electron chi connectivity index (χ0n) is 34.1. The maximum atomic E-state index is 12.3. The van der Waals surface area contributed by atoms with Gasteiger partial charge < -0.3 is 62.1 Å². The van der Waals surface area contributed by atoms with Crippen LogP contribution in [-0.4, -0.2) is 148 Å². The van der Waals surface area contributed by atoms with Crippen LogP contribution in [0.5, 0.6) is 0 Å². The summed E-state index contributed by atoms with van der Waals surface area (Å²) in [6.45, 7) is 6.12. The van der Waals surface area contributed by atoms with Gasteiger partial charge in [0.25, 0.3) is 0 Å². The van der Waals surface area contributed by atoms with Crippen LogP contribution in [0.3, 0.4) is 0 Å². The zero-order chi connectivity index (χ0) is 44.8. The molecular formula is C37H49NO21. The number of nitrogens with zero attached hydrogens (tertiary/aromatic N) is 1. The highest BCUT2D eigenvalue weighted by Crippen LogP contribution is 2.41. The van der Waals surface area contributed by atoms with Gasteiger partial charge in [-0.15, -0.1) is 0 Å². The predicted molar refractivity (Wildman–Crippen MR) is 193 cm³/mol. The van der Waals surface area contributed by atoms with E-state index < -0.39 is 128 Å². The predicted octanol–water partition coefficient (Wildman–Crippen LogP) is 0.622. The molecule has 59 heavy (non-hydrogen) atoms. The van der Waals surface area contributed by atoms with Gasteiger partial charge in [0, 0.05) is 69.5 Å². The molecule has 9 atom stereocenters. The Hall–Kier alpha value is -5.87. The van der Waals surface area contributed by atoms with Gasteiger partial charge in [0.05, 0.1) is 11.3 Å². The first kappa shape index (κ1) is 49.3. The van der Waals surface area contributed by atoms with Crippen LogP contribution in [0.25, 0.3) is 0 Å². The topological polar surface area (TPSA) is 279 Å². The number of carbonyl (C=O) groups excluding carboxylic acids is 8. The lowest BCUT2D eigenvalue weighted by atomic mass is 9.97. The van der Waals surface area contributed by atoms with Crippen LogP contribution >= 0.6 is 0 Å². The molecule has 0 radical (unpaired) electrons. The average molecular weight is 844 g/mol. The maximum Gasteiger partial charge on any atom is 0.337 e. The summed E-state index contributed by atoms with van der Waals surface area (Å²) in [7, 11) is 3.64. The summed E-state index contributed by atoms with van der Waals surface area (Å²) in [5.74, 6) is -10.4. The molecule has 0 bridgehead atoms. The monoisotopic (exact) mass is 843 g/mol. The van der Waals surface area contributed by atoms with Gasteiger partial charge in [0.2, 0.25) is 12.1 Å². The van der Waals surface area contributed by atoms with Gasteiger partial charge in [0.15, 0.2) is 30.5 Å². The Labute approximate surface area is 338 Å². The van der Waals surface area contributed by atoms with Crippen molar-refractivity contribution < 1.29 is 100 Å². The lowest BCUT2D eigenvalue weighted by Gasteiger charge is -2.46. The van der Waals surface area contributed by atoms with Crippen molar-refractivity contribution in [1.29, 1.82) is 0 Å². The first-order valence-corrected chi connectivity index (χ1v) is 17.7. The molecule has 328 valence electrons. The maximum absolute atomic E-state index is 12.3. The fourth-order valence-corrected chi connectivity index (χ4v) is 5.80. The van der Waals surface area contributed by atoms with E-state index in [1.54, 1.807) is 23.1 Å². The SMILES string of the molecule is CC(=O)OC[C@H]1O[C@@](COC(C)=O)(O[C@H]2O[C@H](COC(C)=O)[C@@H](OC(C)=O)[C@H](OC(C)=O)[C@H]2OC(C)=O)[C@@H](OC(C)=O)[C@@H]1OC(C)=O.CN(C)c1ccccc1C(=O)O. The van der Waals surface area contributed by atoms with Crippen molar-refractivity contribution in [3.05, 3.63) is 29.8 Å². The third kappa shape index (κ3) is 15.1. The standard InChI is InChI=1S/C28H38O19.C9H11NO2/c1-12(29)37-9-20-22(40-15(4)32)24(42-17(6)34)25(43-18(7)35)27(45-20)47-28(11-39-14(3)31)26(44-19(8)36)23(41-16(5)33)21(46-28)10-38-13(2)30;1-10(2)8-6-4-3-5-7(8)9(11)12/h20-27H,9-11H2,1-8H3;3-6H,1-2H3,(H,11,12)/t20-,21-,22-,23-,24+,25-,26+,27-,28+;/m1./s1. The van der Waals surface area contributed by atoms with E-state index in [1.807, 2.05) is 20.2 Å². The smallest absolute Gasteiger partial charge is 0.337 e. The van der Waals surface area contributed by atoms with Crippen molar-refractivity contribution >= 4 is 59.4 Å².